The van der Waals surface area contributed by atoms with Gasteiger partial charge in [0, 0.05) is 19.3 Å². The predicted octanol–water partition coefficient (Wildman–Crippen LogP) is -1.95. The second kappa shape index (κ2) is 18.3. The summed E-state index contributed by atoms with van der Waals surface area (Å²) in [5.41, 5.74) is 0. The molecular formula is C18H27FeO9. The molecule has 0 fully saturated rings. The minimum Gasteiger partial charge on any atom is -0.549 e. The van der Waals surface area contributed by atoms with Crippen LogP contribution >= 0.6 is 0 Å². The predicted molar refractivity (Wildman–Crippen MR) is 88.4 cm³/mol. The van der Waals surface area contributed by atoms with E-state index in [1.54, 1.807) is 20.8 Å². The Morgan fingerprint density at radius 2 is 0.679 bits per heavy atom. The Hall–Kier alpha value is -2.06. The first-order chi connectivity index (χ1) is 12.3. The van der Waals surface area contributed by atoms with Crippen LogP contribution in [0.15, 0.2) is 0 Å². The Bertz CT molecular complexity index is 467. The number of Topliss-reactive ketones (excluding diaryl/α,β-unsaturated/α-hetero) is 3. The van der Waals surface area contributed by atoms with Gasteiger partial charge in [-0.2, -0.15) is 0 Å². The second-order valence-electron chi connectivity index (χ2n) is 5.58. The first-order valence-electron chi connectivity index (χ1n) is 8.48. The van der Waals surface area contributed by atoms with Crippen molar-refractivity contribution < 1.29 is 61.2 Å². The van der Waals surface area contributed by atoms with Gasteiger partial charge in [0.05, 0.1) is 35.7 Å². The molecule has 0 bridgehead atoms. The van der Waals surface area contributed by atoms with Gasteiger partial charge in [-0.05, 0) is 0 Å². The van der Waals surface area contributed by atoms with Gasteiger partial charge in [0.1, 0.15) is 17.3 Å². The van der Waals surface area contributed by atoms with E-state index < -0.39 is 35.7 Å². The molecule has 0 saturated heterocycles. The van der Waals surface area contributed by atoms with Gasteiger partial charge in [-0.15, -0.1) is 0 Å². The molecule has 3 unspecified atom stereocenters. The van der Waals surface area contributed by atoms with Crippen LogP contribution in [0.1, 0.15) is 60.8 Å². The van der Waals surface area contributed by atoms with E-state index in [0.717, 1.165) is 0 Å². The Labute approximate surface area is 175 Å². The number of ketones is 3. The molecule has 9 nitrogen and oxygen atoms in total. The van der Waals surface area contributed by atoms with Gasteiger partial charge in [0.2, 0.25) is 0 Å². The molecule has 0 aliphatic carbocycles. The molecule has 0 aromatic heterocycles. The molecule has 28 heavy (non-hydrogen) atoms. The van der Waals surface area contributed by atoms with Gasteiger partial charge < -0.3 is 29.7 Å². The fourth-order valence-electron chi connectivity index (χ4n) is 1.31. The van der Waals surface area contributed by atoms with E-state index in [4.69, 9.17) is 0 Å². The third kappa shape index (κ3) is 16.1. The summed E-state index contributed by atoms with van der Waals surface area (Å²) in [5.74, 6) is -7.56. The van der Waals surface area contributed by atoms with E-state index in [1.807, 2.05) is 0 Å². The third-order valence-electron chi connectivity index (χ3n) is 3.55. The fourth-order valence-corrected chi connectivity index (χ4v) is 1.31. The molecule has 0 N–H and O–H groups in total. The maximum absolute atomic E-state index is 10.5. The number of rotatable bonds is 9. The molecule has 0 aliphatic heterocycles. The zero-order valence-electron chi connectivity index (χ0n) is 16.9. The molecule has 10 heteroatoms. The Morgan fingerprint density at radius 1 is 0.536 bits per heavy atom. The minimum absolute atomic E-state index is 0. The summed E-state index contributed by atoms with van der Waals surface area (Å²) in [6, 6.07) is 0. The molecule has 0 aromatic carbocycles. The van der Waals surface area contributed by atoms with Crippen molar-refractivity contribution in [1.29, 1.82) is 0 Å². The van der Waals surface area contributed by atoms with E-state index in [2.05, 4.69) is 0 Å². The van der Waals surface area contributed by atoms with Crippen LogP contribution in [0.4, 0.5) is 0 Å². The van der Waals surface area contributed by atoms with E-state index >= 15 is 0 Å². The van der Waals surface area contributed by atoms with Crippen molar-refractivity contribution in [3.63, 3.8) is 0 Å². The SMILES string of the molecule is CCC(=O)C(C)C(=O)[O-].CCC(=O)C(C)C(=O)[O-].CCC(=O)C(C)C(=O)[O-].[Fe+3]. The molecule has 0 spiro atoms. The van der Waals surface area contributed by atoms with Crippen molar-refractivity contribution in [3.8, 4) is 0 Å². The smallest absolute Gasteiger partial charge is 0.549 e. The normalized spacial score (nSPS) is 12.2. The topological polar surface area (TPSA) is 172 Å². The van der Waals surface area contributed by atoms with Crippen molar-refractivity contribution in [3.05, 3.63) is 0 Å². The van der Waals surface area contributed by atoms with Gasteiger partial charge in [0.15, 0.2) is 0 Å². The van der Waals surface area contributed by atoms with E-state index in [0.29, 0.717) is 0 Å². The molecule has 3 atom stereocenters. The van der Waals surface area contributed by atoms with Crippen LogP contribution in [0.5, 0.6) is 0 Å². The van der Waals surface area contributed by atoms with Crippen LogP contribution < -0.4 is 15.3 Å². The second-order valence-corrected chi connectivity index (χ2v) is 5.58. The number of hydrogen-bond donors (Lipinski definition) is 0. The van der Waals surface area contributed by atoms with Crippen LogP contribution in [0.25, 0.3) is 0 Å². The quantitative estimate of drug-likeness (QED) is 0.290. The van der Waals surface area contributed by atoms with Crippen molar-refractivity contribution >= 4 is 35.3 Å². The maximum atomic E-state index is 10.5. The number of aliphatic carboxylic acids is 3. The zero-order chi connectivity index (χ0) is 22.3. The molecule has 0 rings (SSSR count). The van der Waals surface area contributed by atoms with Gasteiger partial charge >= 0.3 is 17.1 Å². The first-order valence-corrected chi connectivity index (χ1v) is 8.48. The van der Waals surface area contributed by atoms with Gasteiger partial charge in [-0.3, -0.25) is 14.4 Å². The average Bonchev–Trinajstić information content (AvgIpc) is 2.64. The minimum atomic E-state index is -1.29. The summed E-state index contributed by atoms with van der Waals surface area (Å²) < 4.78 is 0. The van der Waals surface area contributed by atoms with Gasteiger partial charge in [0.25, 0.3) is 0 Å². The molecule has 0 aromatic rings. The monoisotopic (exact) mass is 443 g/mol. The van der Waals surface area contributed by atoms with Crippen LogP contribution in [0.3, 0.4) is 0 Å². The Morgan fingerprint density at radius 3 is 0.714 bits per heavy atom. The Kier molecular flexibility index (Phi) is 21.9. The van der Waals surface area contributed by atoms with E-state index in [9.17, 15) is 44.1 Å². The van der Waals surface area contributed by atoms with Crippen molar-refractivity contribution in [1.82, 2.24) is 0 Å². The number of carboxylic acids is 3. The number of carboxylic acid groups (broad SMARTS) is 3. The molecule has 0 saturated carbocycles. The number of carbonyl (C=O) groups is 6. The summed E-state index contributed by atoms with van der Waals surface area (Å²) in [7, 11) is 0. The molecule has 1 radical (unpaired) electrons. The number of hydrogen-bond acceptors (Lipinski definition) is 9. The first kappa shape index (κ1) is 33.5. The summed E-state index contributed by atoms with van der Waals surface area (Å²) in [6.07, 6.45) is 0.777. The third-order valence-corrected chi connectivity index (χ3v) is 3.55. The van der Waals surface area contributed by atoms with E-state index in [1.165, 1.54) is 20.8 Å². The molecule has 0 heterocycles. The van der Waals surface area contributed by atoms with E-state index in [-0.39, 0.29) is 53.7 Å². The standard InChI is InChI=1S/3C6H10O3.Fe/c3*1-3-5(7)4(2)6(8)9;/h3*4H,3H2,1-2H3,(H,8,9);/q;;;+3/p-3. The van der Waals surface area contributed by atoms with Crippen molar-refractivity contribution in [2.24, 2.45) is 17.8 Å². The van der Waals surface area contributed by atoms with Crippen LogP contribution in [0.2, 0.25) is 0 Å². The van der Waals surface area contributed by atoms with Gasteiger partial charge in [-0.25, -0.2) is 0 Å². The average molecular weight is 443 g/mol. The van der Waals surface area contributed by atoms with Crippen LogP contribution in [-0.2, 0) is 45.8 Å². The van der Waals surface area contributed by atoms with Crippen molar-refractivity contribution in [2.75, 3.05) is 0 Å². The maximum Gasteiger partial charge on any atom is 3.00 e. The summed E-state index contributed by atoms with van der Waals surface area (Å²) >= 11 is 0. The number of carbonyl (C=O) groups excluding carboxylic acids is 6. The van der Waals surface area contributed by atoms with Gasteiger partial charge in [-0.1, -0.05) is 41.5 Å². The summed E-state index contributed by atoms with van der Waals surface area (Å²) in [6.45, 7) is 8.88. The fraction of sp³-hybridized carbons (Fsp3) is 0.667. The van der Waals surface area contributed by atoms with Crippen LogP contribution in [-0.4, -0.2) is 35.3 Å². The summed E-state index contributed by atoms with van der Waals surface area (Å²) in [5, 5.41) is 29.9. The molecular weight excluding hydrogens is 416 g/mol. The van der Waals surface area contributed by atoms with Crippen molar-refractivity contribution in [2.45, 2.75) is 60.8 Å². The largest absolute Gasteiger partial charge is 3.00 e. The summed E-state index contributed by atoms with van der Waals surface area (Å²) in [4.78, 5) is 61.5. The zero-order valence-corrected chi connectivity index (χ0v) is 18.0. The molecule has 161 valence electrons. The molecule has 0 amide bonds. The van der Waals surface area contributed by atoms with Crippen LogP contribution in [0, 0.1) is 17.8 Å². The Balaban J connectivity index is -0.000000152. The molecule has 0 aliphatic rings.